The van der Waals surface area contributed by atoms with Gasteiger partial charge in [0.25, 0.3) is 5.91 Å². The highest BCUT2D eigenvalue weighted by molar-refractivity contribution is 5.95. The second-order valence-electron chi connectivity index (χ2n) is 4.15. The molecule has 100 valence electrons. The van der Waals surface area contributed by atoms with Gasteiger partial charge in [-0.1, -0.05) is 6.07 Å². The molecular formula is C13H16N4O2. The number of nitrogens with zero attached hydrogens (tertiary/aromatic N) is 4. The fraction of sp³-hybridized carbons (Fsp3) is 0.308. The van der Waals surface area contributed by atoms with Gasteiger partial charge in [-0.05, 0) is 26.0 Å². The molecule has 19 heavy (non-hydrogen) atoms. The van der Waals surface area contributed by atoms with E-state index in [2.05, 4.69) is 10.1 Å². The molecule has 0 radical (unpaired) electrons. The monoisotopic (exact) mass is 260 g/mol. The maximum atomic E-state index is 12.4. The van der Waals surface area contributed by atoms with Gasteiger partial charge in [-0.2, -0.15) is 5.10 Å². The summed E-state index contributed by atoms with van der Waals surface area (Å²) < 4.78 is 1.51. The van der Waals surface area contributed by atoms with Crippen molar-refractivity contribution in [1.29, 1.82) is 0 Å². The predicted molar refractivity (Wildman–Crippen MR) is 70.9 cm³/mol. The fourth-order valence-corrected chi connectivity index (χ4v) is 1.88. The maximum Gasteiger partial charge on any atom is 0.251 e. The third kappa shape index (κ3) is 2.73. The van der Waals surface area contributed by atoms with Crippen LogP contribution in [0.4, 0.5) is 5.69 Å². The zero-order valence-electron chi connectivity index (χ0n) is 10.9. The van der Waals surface area contributed by atoms with Gasteiger partial charge in [0.15, 0.2) is 0 Å². The van der Waals surface area contributed by atoms with Gasteiger partial charge in [0.05, 0.1) is 0 Å². The number of likely N-dealkylation sites (N-methyl/N-ethyl adjacent to an activating group) is 1. The zero-order valence-corrected chi connectivity index (χ0v) is 10.9. The summed E-state index contributed by atoms with van der Waals surface area (Å²) in [6, 6.07) is 6.19. The van der Waals surface area contributed by atoms with E-state index in [9.17, 15) is 9.90 Å². The van der Waals surface area contributed by atoms with Crippen LogP contribution in [0.3, 0.4) is 0 Å². The van der Waals surface area contributed by atoms with Crippen LogP contribution in [-0.2, 0) is 4.79 Å². The molecule has 0 saturated heterocycles. The van der Waals surface area contributed by atoms with E-state index in [0.29, 0.717) is 12.2 Å². The van der Waals surface area contributed by atoms with Crippen molar-refractivity contribution in [2.45, 2.75) is 19.9 Å². The van der Waals surface area contributed by atoms with Gasteiger partial charge in [-0.25, -0.2) is 9.67 Å². The van der Waals surface area contributed by atoms with Crippen LogP contribution in [0.15, 0.2) is 36.9 Å². The van der Waals surface area contributed by atoms with E-state index in [1.165, 1.54) is 17.3 Å². The van der Waals surface area contributed by atoms with Crippen LogP contribution < -0.4 is 4.90 Å². The number of amides is 1. The summed E-state index contributed by atoms with van der Waals surface area (Å²) in [6.45, 7) is 4.17. The molecule has 0 spiro atoms. The zero-order chi connectivity index (χ0) is 13.8. The van der Waals surface area contributed by atoms with E-state index >= 15 is 0 Å². The number of aromatic nitrogens is 3. The third-order valence-electron chi connectivity index (χ3n) is 2.91. The summed E-state index contributed by atoms with van der Waals surface area (Å²) in [4.78, 5) is 17.9. The number of phenolic OH excluding ortho intramolecular Hbond substituents is 1. The molecular weight excluding hydrogens is 244 g/mol. The number of rotatable bonds is 4. The first-order valence-electron chi connectivity index (χ1n) is 6.08. The molecule has 1 heterocycles. The first kappa shape index (κ1) is 13.1. The molecule has 1 N–H and O–H groups in total. The van der Waals surface area contributed by atoms with Crippen LogP contribution in [-0.4, -0.2) is 32.3 Å². The Morgan fingerprint density at radius 1 is 1.53 bits per heavy atom. The molecule has 6 heteroatoms. The van der Waals surface area contributed by atoms with E-state index in [0.717, 1.165) is 0 Å². The molecule has 6 nitrogen and oxygen atoms in total. The average molecular weight is 260 g/mol. The largest absolute Gasteiger partial charge is 0.508 e. The Labute approximate surface area is 111 Å². The molecule has 0 aliphatic rings. The Hall–Kier alpha value is -2.37. The summed E-state index contributed by atoms with van der Waals surface area (Å²) in [5, 5.41) is 13.5. The number of benzene rings is 1. The second kappa shape index (κ2) is 5.51. The maximum absolute atomic E-state index is 12.4. The lowest BCUT2D eigenvalue weighted by Gasteiger charge is -2.24. The first-order valence-corrected chi connectivity index (χ1v) is 6.08. The van der Waals surface area contributed by atoms with Crippen LogP contribution in [0, 0.1) is 0 Å². The van der Waals surface area contributed by atoms with Crippen molar-refractivity contribution in [3.63, 3.8) is 0 Å². The molecule has 0 aliphatic heterocycles. The van der Waals surface area contributed by atoms with E-state index < -0.39 is 6.04 Å². The highest BCUT2D eigenvalue weighted by atomic mass is 16.3. The van der Waals surface area contributed by atoms with Crippen LogP contribution in [0.25, 0.3) is 0 Å². The SMILES string of the molecule is CCN(C(=O)C(C)n1cncn1)c1cccc(O)c1. The van der Waals surface area contributed by atoms with E-state index in [1.807, 2.05) is 6.92 Å². The van der Waals surface area contributed by atoms with Crippen molar-refractivity contribution >= 4 is 11.6 Å². The average Bonchev–Trinajstić information content (AvgIpc) is 2.92. The molecule has 1 aromatic heterocycles. The predicted octanol–water partition coefficient (Wildman–Crippen LogP) is 1.60. The van der Waals surface area contributed by atoms with E-state index in [1.54, 1.807) is 36.1 Å². The first-order chi connectivity index (χ1) is 9.13. The standard InChI is InChI=1S/C13H16N4O2/c1-3-16(11-5-4-6-12(18)7-11)13(19)10(2)17-9-14-8-15-17/h4-10,18H,3H2,1-2H3. The Balaban J connectivity index is 2.25. The van der Waals surface area contributed by atoms with Crippen molar-refractivity contribution < 1.29 is 9.90 Å². The Morgan fingerprint density at radius 2 is 2.32 bits per heavy atom. The lowest BCUT2D eigenvalue weighted by Crippen LogP contribution is -2.36. The van der Waals surface area contributed by atoms with Gasteiger partial charge in [0.2, 0.25) is 0 Å². The topological polar surface area (TPSA) is 71.2 Å². The van der Waals surface area contributed by atoms with Crippen molar-refractivity contribution in [2.24, 2.45) is 0 Å². The van der Waals surface area contributed by atoms with Crippen LogP contribution >= 0.6 is 0 Å². The van der Waals surface area contributed by atoms with Crippen molar-refractivity contribution in [1.82, 2.24) is 14.8 Å². The number of anilines is 1. The minimum Gasteiger partial charge on any atom is -0.508 e. The lowest BCUT2D eigenvalue weighted by atomic mass is 10.2. The van der Waals surface area contributed by atoms with Crippen LogP contribution in [0.2, 0.25) is 0 Å². The number of carbonyl (C=O) groups excluding carboxylic acids is 1. The molecule has 2 rings (SSSR count). The normalized spacial score (nSPS) is 12.1. The molecule has 0 saturated carbocycles. The third-order valence-corrected chi connectivity index (χ3v) is 2.91. The van der Waals surface area contributed by atoms with E-state index in [4.69, 9.17) is 0 Å². The quantitative estimate of drug-likeness (QED) is 0.906. The highest BCUT2D eigenvalue weighted by Crippen LogP contribution is 2.22. The van der Waals surface area contributed by atoms with E-state index in [-0.39, 0.29) is 11.7 Å². The Kier molecular flexibility index (Phi) is 3.79. The summed E-state index contributed by atoms with van der Waals surface area (Å²) in [5.41, 5.74) is 0.666. The molecule has 1 atom stereocenters. The van der Waals surface area contributed by atoms with Gasteiger partial charge in [-0.3, -0.25) is 4.79 Å². The molecule has 0 fully saturated rings. The number of hydrogen-bond donors (Lipinski definition) is 1. The van der Waals surface area contributed by atoms with Gasteiger partial charge in [-0.15, -0.1) is 0 Å². The number of hydrogen-bond acceptors (Lipinski definition) is 4. The lowest BCUT2D eigenvalue weighted by molar-refractivity contribution is -0.121. The van der Waals surface area contributed by atoms with Crippen molar-refractivity contribution in [3.05, 3.63) is 36.9 Å². The number of carbonyl (C=O) groups is 1. The van der Waals surface area contributed by atoms with Crippen molar-refractivity contribution in [2.75, 3.05) is 11.4 Å². The van der Waals surface area contributed by atoms with Crippen LogP contribution in [0.1, 0.15) is 19.9 Å². The number of aromatic hydroxyl groups is 1. The smallest absolute Gasteiger partial charge is 0.251 e. The summed E-state index contributed by atoms with van der Waals surface area (Å²) in [7, 11) is 0. The van der Waals surface area contributed by atoms with Crippen molar-refractivity contribution in [3.8, 4) is 5.75 Å². The molecule has 0 bridgehead atoms. The Bertz CT molecular complexity index is 554. The minimum atomic E-state index is -0.440. The second-order valence-corrected chi connectivity index (χ2v) is 4.15. The molecule has 1 unspecified atom stereocenters. The summed E-state index contributed by atoms with van der Waals surface area (Å²) in [6.07, 6.45) is 2.91. The van der Waals surface area contributed by atoms with Gasteiger partial charge < -0.3 is 10.0 Å². The molecule has 0 aliphatic carbocycles. The minimum absolute atomic E-state index is 0.0985. The molecule has 1 aromatic carbocycles. The Morgan fingerprint density at radius 3 is 2.89 bits per heavy atom. The van der Waals surface area contributed by atoms with Gasteiger partial charge in [0, 0.05) is 18.3 Å². The number of phenols is 1. The molecule has 2 aromatic rings. The fourth-order valence-electron chi connectivity index (χ4n) is 1.88. The van der Waals surface area contributed by atoms with Gasteiger partial charge >= 0.3 is 0 Å². The highest BCUT2D eigenvalue weighted by Gasteiger charge is 2.22. The van der Waals surface area contributed by atoms with Crippen LogP contribution in [0.5, 0.6) is 5.75 Å². The van der Waals surface area contributed by atoms with Gasteiger partial charge in [0.1, 0.15) is 24.4 Å². The molecule has 1 amide bonds. The summed E-state index contributed by atoms with van der Waals surface area (Å²) >= 11 is 0. The summed E-state index contributed by atoms with van der Waals surface area (Å²) in [5.74, 6) is 0.0377.